The number of benzene rings is 2. The van der Waals surface area contributed by atoms with Gasteiger partial charge >= 0.3 is 0 Å². The number of hydrogen-bond donors (Lipinski definition) is 0. The molecule has 0 saturated heterocycles. The van der Waals surface area contributed by atoms with Crippen molar-refractivity contribution in [1.29, 1.82) is 0 Å². The molecule has 0 N–H and O–H groups in total. The van der Waals surface area contributed by atoms with Crippen molar-refractivity contribution in [2.75, 3.05) is 7.11 Å². The lowest BCUT2D eigenvalue weighted by Crippen LogP contribution is -2.04. The van der Waals surface area contributed by atoms with Gasteiger partial charge in [-0.05, 0) is 42.8 Å². The van der Waals surface area contributed by atoms with E-state index in [-0.39, 0.29) is 5.78 Å². The number of carbonyl (C=O) groups excluding carboxylic acids is 1. The predicted molar refractivity (Wildman–Crippen MR) is 77.6 cm³/mol. The van der Waals surface area contributed by atoms with Gasteiger partial charge in [-0.25, -0.2) is 0 Å². The van der Waals surface area contributed by atoms with Crippen molar-refractivity contribution in [1.82, 2.24) is 0 Å². The van der Waals surface area contributed by atoms with Crippen LogP contribution in [0.15, 0.2) is 36.4 Å². The van der Waals surface area contributed by atoms with Crippen LogP contribution in [0.25, 0.3) is 0 Å². The number of hydrogen-bond acceptors (Lipinski definition) is 2. The van der Waals surface area contributed by atoms with Gasteiger partial charge in [-0.15, -0.1) is 0 Å². The second-order valence-electron chi connectivity index (χ2n) is 4.14. The zero-order chi connectivity index (χ0) is 14.0. The normalized spacial score (nSPS) is 10.3. The van der Waals surface area contributed by atoms with E-state index in [1.807, 2.05) is 13.0 Å². The summed E-state index contributed by atoms with van der Waals surface area (Å²) in [5.41, 5.74) is 1.98. The van der Waals surface area contributed by atoms with Crippen LogP contribution in [0, 0.1) is 6.92 Å². The van der Waals surface area contributed by atoms with Gasteiger partial charge in [-0.2, -0.15) is 0 Å². The van der Waals surface area contributed by atoms with E-state index in [2.05, 4.69) is 0 Å². The monoisotopic (exact) mass is 294 g/mol. The van der Waals surface area contributed by atoms with E-state index in [0.29, 0.717) is 26.9 Å². The molecular weight excluding hydrogens is 283 g/mol. The fourth-order valence-corrected chi connectivity index (χ4v) is 2.16. The number of rotatable bonds is 3. The number of aryl methyl sites for hydroxylation is 1. The zero-order valence-electron chi connectivity index (χ0n) is 10.5. The standard InChI is InChI=1S/C15H12Cl2O2/c1-9-3-5-11(16)8-12(9)15(18)10-4-6-13(17)14(7-10)19-2/h3-8H,1-2H3. The molecule has 2 aromatic carbocycles. The lowest BCUT2D eigenvalue weighted by molar-refractivity contribution is 0.103. The molecule has 4 heteroatoms. The van der Waals surface area contributed by atoms with Crippen molar-refractivity contribution in [2.45, 2.75) is 6.92 Å². The van der Waals surface area contributed by atoms with E-state index >= 15 is 0 Å². The number of methoxy groups -OCH3 is 1. The van der Waals surface area contributed by atoms with Crippen molar-refractivity contribution in [3.05, 3.63) is 63.1 Å². The molecule has 0 aromatic heterocycles. The van der Waals surface area contributed by atoms with Crippen LogP contribution in [-0.4, -0.2) is 12.9 Å². The molecule has 2 rings (SSSR count). The molecule has 0 atom stereocenters. The van der Waals surface area contributed by atoms with E-state index < -0.39 is 0 Å². The van der Waals surface area contributed by atoms with Crippen molar-refractivity contribution in [2.24, 2.45) is 0 Å². The second kappa shape index (κ2) is 5.64. The minimum absolute atomic E-state index is 0.102. The van der Waals surface area contributed by atoms with Crippen LogP contribution in [-0.2, 0) is 0 Å². The molecule has 0 unspecified atom stereocenters. The second-order valence-corrected chi connectivity index (χ2v) is 4.98. The van der Waals surface area contributed by atoms with Crippen LogP contribution in [0.4, 0.5) is 0 Å². The Balaban J connectivity index is 2.47. The van der Waals surface area contributed by atoms with E-state index in [0.717, 1.165) is 5.56 Å². The fourth-order valence-electron chi connectivity index (χ4n) is 1.80. The van der Waals surface area contributed by atoms with Crippen molar-refractivity contribution < 1.29 is 9.53 Å². The molecule has 0 heterocycles. The van der Waals surface area contributed by atoms with Crippen molar-refractivity contribution in [3.63, 3.8) is 0 Å². The molecule has 98 valence electrons. The molecule has 0 saturated carbocycles. The molecule has 0 aliphatic heterocycles. The first-order chi connectivity index (χ1) is 9.02. The van der Waals surface area contributed by atoms with Gasteiger partial charge in [-0.3, -0.25) is 4.79 Å². The highest BCUT2D eigenvalue weighted by Gasteiger charge is 2.14. The third-order valence-corrected chi connectivity index (χ3v) is 3.40. The quantitative estimate of drug-likeness (QED) is 0.777. The molecule has 2 aromatic rings. The third kappa shape index (κ3) is 2.91. The molecular formula is C15H12Cl2O2. The van der Waals surface area contributed by atoms with E-state index in [9.17, 15) is 4.79 Å². The molecule has 2 nitrogen and oxygen atoms in total. The molecule has 0 radical (unpaired) electrons. The van der Waals surface area contributed by atoms with Gasteiger partial charge in [0.05, 0.1) is 12.1 Å². The Bertz CT molecular complexity index is 636. The summed E-state index contributed by atoms with van der Waals surface area (Å²) in [7, 11) is 1.51. The lowest BCUT2D eigenvalue weighted by Gasteiger charge is -2.08. The fraction of sp³-hybridized carbons (Fsp3) is 0.133. The first-order valence-electron chi connectivity index (χ1n) is 5.67. The summed E-state index contributed by atoms with van der Waals surface area (Å²) < 4.78 is 5.12. The van der Waals surface area contributed by atoms with Crippen LogP contribution >= 0.6 is 23.2 Å². The Labute approximate surface area is 121 Å². The Morgan fingerprint density at radius 2 is 1.84 bits per heavy atom. The highest BCUT2D eigenvalue weighted by molar-refractivity contribution is 6.32. The zero-order valence-corrected chi connectivity index (χ0v) is 12.0. The van der Waals surface area contributed by atoms with Gasteiger partial charge in [-0.1, -0.05) is 29.3 Å². The third-order valence-electron chi connectivity index (χ3n) is 2.86. The summed E-state index contributed by atoms with van der Waals surface area (Å²) >= 11 is 11.9. The topological polar surface area (TPSA) is 26.3 Å². The van der Waals surface area contributed by atoms with E-state index in [4.69, 9.17) is 27.9 Å². The van der Waals surface area contributed by atoms with Gasteiger partial charge in [0.2, 0.25) is 0 Å². The SMILES string of the molecule is COc1cc(C(=O)c2cc(Cl)ccc2C)ccc1Cl. The molecule has 19 heavy (non-hydrogen) atoms. The van der Waals surface area contributed by atoms with Gasteiger partial charge in [0.15, 0.2) is 5.78 Å². The Morgan fingerprint density at radius 1 is 1.11 bits per heavy atom. The Morgan fingerprint density at radius 3 is 2.53 bits per heavy atom. The van der Waals surface area contributed by atoms with Crippen molar-refractivity contribution in [3.8, 4) is 5.75 Å². The average Bonchev–Trinajstić information content (AvgIpc) is 2.41. The number of ketones is 1. The highest BCUT2D eigenvalue weighted by atomic mass is 35.5. The molecule has 0 aliphatic carbocycles. The highest BCUT2D eigenvalue weighted by Crippen LogP contribution is 2.27. The van der Waals surface area contributed by atoms with E-state index in [1.54, 1.807) is 30.3 Å². The maximum Gasteiger partial charge on any atom is 0.193 e. The van der Waals surface area contributed by atoms with Crippen LogP contribution in [0.2, 0.25) is 10.0 Å². The largest absolute Gasteiger partial charge is 0.495 e. The smallest absolute Gasteiger partial charge is 0.193 e. The minimum atomic E-state index is -0.102. The number of halogens is 2. The Hall–Kier alpha value is -1.51. The number of ether oxygens (including phenoxy) is 1. The molecule has 0 aliphatic rings. The summed E-state index contributed by atoms with van der Waals surface area (Å²) in [4.78, 5) is 12.4. The average molecular weight is 295 g/mol. The molecule has 0 amide bonds. The van der Waals surface area contributed by atoms with Crippen molar-refractivity contribution >= 4 is 29.0 Å². The maximum absolute atomic E-state index is 12.4. The Kier molecular flexibility index (Phi) is 4.13. The van der Waals surface area contributed by atoms with Gasteiger partial charge in [0.25, 0.3) is 0 Å². The van der Waals surface area contributed by atoms with Crippen LogP contribution in [0.5, 0.6) is 5.75 Å². The lowest BCUT2D eigenvalue weighted by atomic mass is 9.99. The number of carbonyl (C=O) groups is 1. The van der Waals surface area contributed by atoms with Crippen LogP contribution < -0.4 is 4.74 Å². The molecule has 0 spiro atoms. The van der Waals surface area contributed by atoms with Crippen LogP contribution in [0.3, 0.4) is 0 Å². The van der Waals surface area contributed by atoms with Crippen LogP contribution in [0.1, 0.15) is 21.5 Å². The maximum atomic E-state index is 12.4. The summed E-state index contributed by atoms with van der Waals surface area (Å²) in [5, 5.41) is 1.01. The van der Waals surface area contributed by atoms with Gasteiger partial charge in [0, 0.05) is 16.1 Å². The van der Waals surface area contributed by atoms with Gasteiger partial charge < -0.3 is 4.74 Å². The summed E-state index contributed by atoms with van der Waals surface area (Å²) in [6, 6.07) is 10.2. The predicted octanol–water partition coefficient (Wildman–Crippen LogP) is 4.54. The molecule has 0 bridgehead atoms. The summed E-state index contributed by atoms with van der Waals surface area (Å²) in [6.45, 7) is 1.87. The first kappa shape index (κ1) is 13.9. The summed E-state index contributed by atoms with van der Waals surface area (Å²) in [5.74, 6) is 0.377. The van der Waals surface area contributed by atoms with E-state index in [1.165, 1.54) is 7.11 Å². The molecule has 0 fully saturated rings. The minimum Gasteiger partial charge on any atom is -0.495 e. The summed E-state index contributed by atoms with van der Waals surface area (Å²) in [6.07, 6.45) is 0. The first-order valence-corrected chi connectivity index (χ1v) is 6.43. The van der Waals surface area contributed by atoms with Gasteiger partial charge in [0.1, 0.15) is 5.75 Å².